The van der Waals surface area contributed by atoms with E-state index < -0.39 is 49.5 Å². The lowest BCUT2D eigenvalue weighted by atomic mass is 9.99. The fourth-order valence-electron chi connectivity index (χ4n) is 5.59. The number of aliphatic hydroxyl groups excluding tert-OH is 5. The summed E-state index contributed by atoms with van der Waals surface area (Å²) in [6.07, 6.45) is 26.3. The summed E-state index contributed by atoms with van der Waals surface area (Å²) >= 11 is 0. The van der Waals surface area contributed by atoms with Crippen LogP contribution in [0.3, 0.4) is 0 Å². The number of allylic oxidation sites excluding steroid dienone is 5. The van der Waals surface area contributed by atoms with Gasteiger partial charge in [-0.05, 0) is 51.4 Å². The quantitative estimate of drug-likeness (QED) is 0.0411. The SMILES string of the molecule is CCCCC/C=C\C/C=C\CCCCCCCCCC(=O)NC(COC1OC(CO)C(O)C(O)C1O)C(O)/C=C/CCCCCCC. The fourth-order valence-corrected chi connectivity index (χ4v) is 5.59. The highest BCUT2D eigenvalue weighted by Crippen LogP contribution is 2.22. The van der Waals surface area contributed by atoms with Crippen molar-refractivity contribution < 1.29 is 39.8 Å². The van der Waals surface area contributed by atoms with Crippen LogP contribution in [0.5, 0.6) is 0 Å². The first-order chi connectivity index (χ1) is 22.8. The van der Waals surface area contributed by atoms with E-state index in [0.717, 1.165) is 57.8 Å². The number of rotatable bonds is 29. The van der Waals surface area contributed by atoms with Crippen LogP contribution in [-0.2, 0) is 14.3 Å². The third kappa shape index (κ3) is 21.2. The molecule has 9 heteroatoms. The predicted octanol–water partition coefficient (Wildman–Crippen LogP) is 6.16. The number of unbranched alkanes of at least 4 members (excludes halogenated alkanes) is 15. The first kappa shape index (κ1) is 43.4. The van der Waals surface area contributed by atoms with Crippen molar-refractivity contribution in [3.05, 3.63) is 36.5 Å². The maximum absolute atomic E-state index is 12.8. The van der Waals surface area contributed by atoms with Crippen LogP contribution in [-0.4, -0.2) is 87.5 Å². The molecule has 1 aliphatic rings. The summed E-state index contributed by atoms with van der Waals surface area (Å²) in [5.41, 5.74) is 0. The van der Waals surface area contributed by atoms with Crippen molar-refractivity contribution in [3.63, 3.8) is 0 Å². The van der Waals surface area contributed by atoms with E-state index in [9.17, 15) is 30.3 Å². The maximum Gasteiger partial charge on any atom is 0.220 e. The van der Waals surface area contributed by atoms with Crippen LogP contribution in [0, 0.1) is 0 Å². The van der Waals surface area contributed by atoms with Crippen molar-refractivity contribution >= 4 is 5.91 Å². The molecule has 1 fully saturated rings. The molecule has 1 heterocycles. The molecule has 0 aromatic carbocycles. The van der Waals surface area contributed by atoms with Gasteiger partial charge in [-0.1, -0.05) is 121 Å². The van der Waals surface area contributed by atoms with Crippen LogP contribution in [0.25, 0.3) is 0 Å². The molecule has 7 unspecified atom stereocenters. The number of nitrogens with one attached hydrogen (secondary N) is 1. The van der Waals surface area contributed by atoms with Crippen molar-refractivity contribution in [2.45, 2.75) is 185 Å². The Hall–Kier alpha value is -1.59. The van der Waals surface area contributed by atoms with Crippen molar-refractivity contribution in [1.82, 2.24) is 5.32 Å². The average Bonchev–Trinajstić information content (AvgIpc) is 3.07. The molecule has 9 nitrogen and oxygen atoms in total. The van der Waals surface area contributed by atoms with Crippen LogP contribution < -0.4 is 5.32 Å². The van der Waals surface area contributed by atoms with E-state index in [-0.39, 0.29) is 12.5 Å². The second kappa shape index (κ2) is 29.3. The Kier molecular flexibility index (Phi) is 27.1. The molecule has 7 atom stereocenters. The molecule has 0 spiro atoms. The highest BCUT2D eigenvalue weighted by atomic mass is 16.7. The third-order valence-electron chi connectivity index (χ3n) is 8.71. The van der Waals surface area contributed by atoms with Crippen LogP contribution >= 0.6 is 0 Å². The summed E-state index contributed by atoms with van der Waals surface area (Å²) in [6, 6.07) is -0.804. The lowest BCUT2D eigenvalue weighted by molar-refractivity contribution is -0.302. The average molecular weight is 668 g/mol. The zero-order valence-electron chi connectivity index (χ0n) is 29.5. The van der Waals surface area contributed by atoms with Gasteiger partial charge in [0.2, 0.25) is 5.91 Å². The standard InChI is InChI=1S/C38H69NO8/c1-3-5-7-9-11-12-13-14-15-16-17-18-19-20-22-24-26-28-34(42)39-31(32(41)27-25-23-21-10-8-6-4-2)30-46-38-37(45)36(44)35(43)33(29-40)47-38/h11-12,14-15,25,27,31-33,35-38,40-41,43-45H,3-10,13,16-24,26,28-30H2,1-2H3,(H,39,42)/b12-11-,15-14-,27-25+. The first-order valence-electron chi connectivity index (χ1n) is 18.7. The minimum absolute atomic E-state index is 0.193. The van der Waals surface area contributed by atoms with Crippen molar-refractivity contribution in [1.29, 1.82) is 0 Å². The second-order valence-electron chi connectivity index (χ2n) is 13.0. The summed E-state index contributed by atoms with van der Waals surface area (Å²) in [5.74, 6) is -0.193. The maximum atomic E-state index is 12.8. The highest BCUT2D eigenvalue weighted by Gasteiger charge is 2.44. The van der Waals surface area contributed by atoms with Gasteiger partial charge in [-0.25, -0.2) is 0 Å². The lowest BCUT2D eigenvalue weighted by Gasteiger charge is -2.40. The summed E-state index contributed by atoms with van der Waals surface area (Å²) in [4.78, 5) is 12.8. The Morgan fingerprint density at radius 3 is 1.87 bits per heavy atom. The molecular formula is C38H69NO8. The second-order valence-corrected chi connectivity index (χ2v) is 13.0. The van der Waals surface area contributed by atoms with Gasteiger partial charge in [0.25, 0.3) is 0 Å². The number of carbonyl (C=O) groups is 1. The molecule has 0 saturated carbocycles. The first-order valence-corrected chi connectivity index (χ1v) is 18.7. The van der Waals surface area contributed by atoms with Crippen LogP contribution in [0.2, 0.25) is 0 Å². The van der Waals surface area contributed by atoms with Gasteiger partial charge < -0.3 is 40.3 Å². The van der Waals surface area contributed by atoms with Crippen LogP contribution in [0.4, 0.5) is 0 Å². The number of aliphatic hydroxyl groups is 5. The molecule has 0 aliphatic carbocycles. The number of carbonyl (C=O) groups excluding carboxylic acids is 1. The minimum atomic E-state index is -1.56. The number of amides is 1. The molecule has 1 amide bonds. The van der Waals surface area contributed by atoms with E-state index in [4.69, 9.17) is 9.47 Å². The summed E-state index contributed by atoms with van der Waals surface area (Å²) < 4.78 is 11.1. The molecule has 1 rings (SSSR count). The molecule has 1 saturated heterocycles. The van der Waals surface area contributed by atoms with E-state index >= 15 is 0 Å². The summed E-state index contributed by atoms with van der Waals surface area (Å²) in [5, 5.41) is 53.6. The largest absolute Gasteiger partial charge is 0.394 e. The van der Waals surface area contributed by atoms with Crippen molar-refractivity contribution in [2.24, 2.45) is 0 Å². The number of hydrogen-bond donors (Lipinski definition) is 6. The van der Waals surface area contributed by atoms with E-state index in [1.54, 1.807) is 6.08 Å². The topological polar surface area (TPSA) is 149 Å². The highest BCUT2D eigenvalue weighted by molar-refractivity contribution is 5.76. The molecular weight excluding hydrogens is 598 g/mol. The van der Waals surface area contributed by atoms with Crippen molar-refractivity contribution in [3.8, 4) is 0 Å². The van der Waals surface area contributed by atoms with Gasteiger partial charge in [-0.3, -0.25) is 4.79 Å². The smallest absolute Gasteiger partial charge is 0.220 e. The summed E-state index contributed by atoms with van der Waals surface area (Å²) in [7, 11) is 0. The zero-order chi connectivity index (χ0) is 34.5. The Morgan fingerprint density at radius 2 is 1.26 bits per heavy atom. The van der Waals surface area contributed by atoms with Crippen LogP contribution in [0.15, 0.2) is 36.5 Å². The fraction of sp³-hybridized carbons (Fsp3) is 0.816. The van der Waals surface area contributed by atoms with Gasteiger partial charge in [0.05, 0.1) is 25.4 Å². The van der Waals surface area contributed by atoms with Gasteiger partial charge in [-0.2, -0.15) is 0 Å². The van der Waals surface area contributed by atoms with Gasteiger partial charge in [0, 0.05) is 6.42 Å². The van der Waals surface area contributed by atoms with E-state index in [1.807, 2.05) is 6.08 Å². The van der Waals surface area contributed by atoms with E-state index in [1.165, 1.54) is 64.2 Å². The van der Waals surface area contributed by atoms with Crippen molar-refractivity contribution in [2.75, 3.05) is 13.2 Å². The van der Waals surface area contributed by atoms with Gasteiger partial charge in [0.15, 0.2) is 6.29 Å². The normalized spacial score (nSPS) is 23.3. The Bertz CT molecular complexity index is 833. The minimum Gasteiger partial charge on any atom is -0.394 e. The van der Waals surface area contributed by atoms with E-state index in [2.05, 4.69) is 43.5 Å². The third-order valence-corrected chi connectivity index (χ3v) is 8.71. The lowest BCUT2D eigenvalue weighted by Crippen LogP contribution is -2.60. The summed E-state index contributed by atoms with van der Waals surface area (Å²) in [6.45, 7) is 3.65. The van der Waals surface area contributed by atoms with E-state index in [0.29, 0.717) is 6.42 Å². The van der Waals surface area contributed by atoms with Gasteiger partial charge in [-0.15, -0.1) is 0 Å². The number of ether oxygens (including phenoxy) is 2. The monoisotopic (exact) mass is 668 g/mol. The zero-order valence-corrected chi connectivity index (χ0v) is 29.5. The molecule has 0 aromatic rings. The molecule has 274 valence electrons. The number of hydrogen-bond acceptors (Lipinski definition) is 8. The molecule has 0 aromatic heterocycles. The van der Waals surface area contributed by atoms with Gasteiger partial charge in [0.1, 0.15) is 24.4 Å². The van der Waals surface area contributed by atoms with Crippen LogP contribution in [0.1, 0.15) is 142 Å². The molecule has 0 radical (unpaired) electrons. The van der Waals surface area contributed by atoms with Gasteiger partial charge >= 0.3 is 0 Å². The Labute approximate surface area is 285 Å². The molecule has 0 bridgehead atoms. The predicted molar refractivity (Wildman–Crippen MR) is 189 cm³/mol. The molecule has 1 aliphatic heterocycles. The molecule has 6 N–H and O–H groups in total. The molecule has 47 heavy (non-hydrogen) atoms. The Morgan fingerprint density at radius 1 is 0.723 bits per heavy atom. The Balaban J connectivity index is 2.39.